The SMILES string of the molecule is CCOC(=O)C(C(=O)O)C(C)(C)CC. The van der Waals surface area contributed by atoms with Gasteiger partial charge < -0.3 is 9.84 Å². The number of carbonyl (C=O) groups excluding carboxylic acids is 1. The highest BCUT2D eigenvalue weighted by Crippen LogP contribution is 2.31. The van der Waals surface area contributed by atoms with Crippen LogP contribution < -0.4 is 0 Å². The molecule has 0 aliphatic rings. The van der Waals surface area contributed by atoms with Gasteiger partial charge in [0.1, 0.15) is 0 Å². The van der Waals surface area contributed by atoms with Crippen LogP contribution in [0.1, 0.15) is 34.1 Å². The van der Waals surface area contributed by atoms with Gasteiger partial charge in [0.25, 0.3) is 0 Å². The molecule has 0 heterocycles. The second-order valence-electron chi connectivity index (χ2n) is 3.87. The first-order valence-corrected chi connectivity index (χ1v) is 4.76. The van der Waals surface area contributed by atoms with Gasteiger partial charge in [-0.15, -0.1) is 0 Å². The molecule has 0 aromatic carbocycles. The number of carboxylic acid groups (broad SMARTS) is 1. The lowest BCUT2D eigenvalue weighted by Crippen LogP contribution is -2.38. The normalized spacial score (nSPS) is 13.4. The van der Waals surface area contributed by atoms with Gasteiger partial charge in [0.2, 0.25) is 0 Å². The van der Waals surface area contributed by atoms with Gasteiger partial charge in [-0.1, -0.05) is 20.8 Å². The van der Waals surface area contributed by atoms with Crippen molar-refractivity contribution >= 4 is 11.9 Å². The maximum atomic E-state index is 11.4. The molecule has 14 heavy (non-hydrogen) atoms. The summed E-state index contributed by atoms with van der Waals surface area (Å²) in [4.78, 5) is 22.3. The summed E-state index contributed by atoms with van der Waals surface area (Å²) in [5.74, 6) is -2.84. The fourth-order valence-electron chi connectivity index (χ4n) is 1.18. The van der Waals surface area contributed by atoms with E-state index in [-0.39, 0.29) is 6.61 Å². The Morgan fingerprint density at radius 3 is 2.14 bits per heavy atom. The van der Waals surface area contributed by atoms with Crippen molar-refractivity contribution in [2.45, 2.75) is 34.1 Å². The van der Waals surface area contributed by atoms with E-state index in [9.17, 15) is 9.59 Å². The molecule has 1 N–H and O–H groups in total. The molecule has 4 heteroatoms. The molecule has 0 aliphatic carbocycles. The highest BCUT2D eigenvalue weighted by molar-refractivity contribution is 5.94. The van der Waals surface area contributed by atoms with E-state index in [0.717, 1.165) is 0 Å². The van der Waals surface area contributed by atoms with Crippen molar-refractivity contribution in [1.29, 1.82) is 0 Å². The molecule has 0 spiro atoms. The Morgan fingerprint density at radius 2 is 1.86 bits per heavy atom. The molecule has 0 aliphatic heterocycles. The van der Waals surface area contributed by atoms with Crippen molar-refractivity contribution in [3.63, 3.8) is 0 Å². The molecule has 0 saturated carbocycles. The topological polar surface area (TPSA) is 63.6 Å². The second-order valence-corrected chi connectivity index (χ2v) is 3.87. The van der Waals surface area contributed by atoms with E-state index in [1.807, 2.05) is 6.92 Å². The van der Waals surface area contributed by atoms with Crippen molar-refractivity contribution in [1.82, 2.24) is 0 Å². The van der Waals surface area contributed by atoms with Gasteiger partial charge in [0, 0.05) is 0 Å². The third-order valence-corrected chi connectivity index (χ3v) is 2.46. The monoisotopic (exact) mass is 202 g/mol. The molecule has 1 unspecified atom stereocenters. The quantitative estimate of drug-likeness (QED) is 0.544. The summed E-state index contributed by atoms with van der Waals surface area (Å²) in [5.41, 5.74) is -0.571. The van der Waals surface area contributed by atoms with Gasteiger partial charge in [-0.05, 0) is 18.8 Å². The standard InChI is InChI=1S/C10H18O4/c1-5-10(3,4)7(8(11)12)9(13)14-6-2/h7H,5-6H2,1-4H3,(H,11,12). The smallest absolute Gasteiger partial charge is 0.320 e. The van der Waals surface area contributed by atoms with Gasteiger partial charge in [-0.2, -0.15) is 0 Å². The van der Waals surface area contributed by atoms with Crippen LogP contribution in [0.25, 0.3) is 0 Å². The van der Waals surface area contributed by atoms with Crippen LogP contribution >= 0.6 is 0 Å². The largest absolute Gasteiger partial charge is 0.481 e. The molecule has 0 saturated heterocycles. The van der Waals surface area contributed by atoms with Gasteiger partial charge >= 0.3 is 11.9 Å². The summed E-state index contributed by atoms with van der Waals surface area (Å²) in [7, 11) is 0. The maximum absolute atomic E-state index is 11.4. The number of hydrogen-bond donors (Lipinski definition) is 1. The van der Waals surface area contributed by atoms with E-state index in [1.165, 1.54) is 0 Å². The number of carbonyl (C=O) groups is 2. The number of hydrogen-bond acceptors (Lipinski definition) is 3. The summed E-state index contributed by atoms with van der Waals surface area (Å²) >= 11 is 0. The number of carboxylic acids is 1. The molecular formula is C10H18O4. The Balaban J connectivity index is 4.77. The predicted molar refractivity (Wildman–Crippen MR) is 51.8 cm³/mol. The zero-order chi connectivity index (χ0) is 11.4. The highest BCUT2D eigenvalue weighted by atomic mass is 16.5. The average molecular weight is 202 g/mol. The van der Waals surface area contributed by atoms with E-state index in [1.54, 1.807) is 20.8 Å². The van der Waals surface area contributed by atoms with Crippen LogP contribution in [0.4, 0.5) is 0 Å². The van der Waals surface area contributed by atoms with Crippen molar-refractivity contribution in [2.75, 3.05) is 6.61 Å². The Morgan fingerprint density at radius 1 is 1.36 bits per heavy atom. The van der Waals surface area contributed by atoms with Gasteiger partial charge in [-0.25, -0.2) is 0 Å². The van der Waals surface area contributed by atoms with Crippen LogP contribution in [0, 0.1) is 11.3 Å². The summed E-state index contributed by atoms with van der Waals surface area (Å²) in [6.07, 6.45) is 0.614. The molecule has 0 fully saturated rings. The molecule has 82 valence electrons. The molecule has 0 rings (SSSR count). The number of rotatable bonds is 5. The number of aliphatic carboxylic acids is 1. The van der Waals surface area contributed by atoms with Crippen LogP contribution in [0.5, 0.6) is 0 Å². The Labute approximate surface area is 84.3 Å². The highest BCUT2D eigenvalue weighted by Gasteiger charge is 2.40. The average Bonchev–Trinajstić information content (AvgIpc) is 2.03. The summed E-state index contributed by atoms with van der Waals surface area (Å²) < 4.78 is 4.73. The van der Waals surface area contributed by atoms with E-state index < -0.39 is 23.3 Å². The zero-order valence-corrected chi connectivity index (χ0v) is 9.16. The third-order valence-electron chi connectivity index (χ3n) is 2.46. The molecular weight excluding hydrogens is 184 g/mol. The molecule has 0 aromatic rings. The van der Waals surface area contributed by atoms with Crippen LogP contribution in [0.15, 0.2) is 0 Å². The minimum atomic E-state index is -1.12. The Bertz CT molecular complexity index is 220. The molecule has 0 aromatic heterocycles. The van der Waals surface area contributed by atoms with Crippen LogP contribution in [-0.4, -0.2) is 23.7 Å². The van der Waals surface area contributed by atoms with E-state index in [0.29, 0.717) is 6.42 Å². The lowest BCUT2D eigenvalue weighted by Gasteiger charge is -2.28. The van der Waals surface area contributed by atoms with Crippen molar-refractivity contribution in [2.24, 2.45) is 11.3 Å². The van der Waals surface area contributed by atoms with Crippen LogP contribution in [0.2, 0.25) is 0 Å². The summed E-state index contributed by atoms with van der Waals surface area (Å²) in [5, 5.41) is 8.94. The molecule has 4 nitrogen and oxygen atoms in total. The van der Waals surface area contributed by atoms with Crippen molar-refractivity contribution < 1.29 is 19.4 Å². The lowest BCUT2D eigenvalue weighted by atomic mass is 9.77. The van der Waals surface area contributed by atoms with Crippen LogP contribution in [-0.2, 0) is 14.3 Å². The molecule has 1 atom stereocenters. The van der Waals surface area contributed by atoms with Crippen LogP contribution in [0.3, 0.4) is 0 Å². The predicted octanol–water partition coefficient (Wildman–Crippen LogP) is 1.69. The molecule has 0 radical (unpaired) electrons. The van der Waals surface area contributed by atoms with Gasteiger partial charge in [0.05, 0.1) is 6.61 Å². The lowest BCUT2D eigenvalue weighted by molar-refractivity contribution is -0.164. The summed E-state index contributed by atoms with van der Waals surface area (Å²) in [6.45, 7) is 7.23. The van der Waals surface area contributed by atoms with Crippen molar-refractivity contribution in [3.8, 4) is 0 Å². The van der Waals surface area contributed by atoms with Crippen molar-refractivity contribution in [3.05, 3.63) is 0 Å². The Kier molecular flexibility index (Phi) is 4.60. The zero-order valence-electron chi connectivity index (χ0n) is 9.16. The third kappa shape index (κ3) is 3.01. The van der Waals surface area contributed by atoms with E-state index >= 15 is 0 Å². The number of esters is 1. The fraction of sp³-hybridized carbons (Fsp3) is 0.800. The summed E-state index contributed by atoms with van der Waals surface area (Å²) in [6, 6.07) is 0. The second kappa shape index (κ2) is 4.98. The number of ether oxygens (including phenoxy) is 1. The molecule has 0 bridgehead atoms. The van der Waals surface area contributed by atoms with E-state index in [4.69, 9.17) is 9.84 Å². The Hall–Kier alpha value is -1.06. The maximum Gasteiger partial charge on any atom is 0.320 e. The molecule has 0 amide bonds. The minimum absolute atomic E-state index is 0.211. The fourth-order valence-corrected chi connectivity index (χ4v) is 1.18. The van der Waals surface area contributed by atoms with Gasteiger partial charge in [0.15, 0.2) is 5.92 Å². The minimum Gasteiger partial charge on any atom is -0.481 e. The first kappa shape index (κ1) is 12.9. The van der Waals surface area contributed by atoms with E-state index in [2.05, 4.69) is 0 Å². The van der Waals surface area contributed by atoms with Gasteiger partial charge in [-0.3, -0.25) is 9.59 Å². The first-order valence-electron chi connectivity index (χ1n) is 4.76. The first-order chi connectivity index (χ1) is 6.36.